The van der Waals surface area contributed by atoms with E-state index < -0.39 is 5.43 Å². The summed E-state index contributed by atoms with van der Waals surface area (Å²) in [6, 6.07) is 32.5. The summed E-state index contributed by atoms with van der Waals surface area (Å²) >= 11 is 1.65. The van der Waals surface area contributed by atoms with Gasteiger partial charge in [-0.1, -0.05) is 36.2 Å². The summed E-state index contributed by atoms with van der Waals surface area (Å²) in [5, 5.41) is 3.07. The van der Waals surface area contributed by atoms with Gasteiger partial charge >= 0.3 is 113 Å². The summed E-state index contributed by atoms with van der Waals surface area (Å²) < 4.78 is 0. The second-order valence-electron chi connectivity index (χ2n) is 9.49. The van der Waals surface area contributed by atoms with Gasteiger partial charge in [-0.25, -0.2) is 12.2 Å². The van der Waals surface area contributed by atoms with Gasteiger partial charge in [0.25, 0.3) is 0 Å². The SMILES string of the molecule is Cc1[c-]c2c(cc1)-c1ccc(C)cc1C2.Cc1cccc([Si](=[Zr+2])c2cccc(C)c2)c1.[C-]1=CC=CC1. The molecule has 0 radical (unpaired) electrons. The zero-order chi connectivity index (χ0) is 25.5. The van der Waals surface area contributed by atoms with E-state index in [2.05, 4.69) is 125 Å². The van der Waals surface area contributed by atoms with Crippen molar-refractivity contribution in [2.24, 2.45) is 0 Å². The van der Waals surface area contributed by atoms with Crippen molar-refractivity contribution >= 4 is 15.8 Å². The van der Waals surface area contributed by atoms with Crippen molar-refractivity contribution in [2.75, 3.05) is 0 Å². The fourth-order valence-electron chi connectivity index (χ4n) is 4.48. The number of aryl methyl sites for hydroxylation is 4. The largest absolute Gasteiger partial charge is 0.273 e. The van der Waals surface area contributed by atoms with E-state index in [0.717, 1.165) is 12.8 Å². The van der Waals surface area contributed by atoms with Crippen LogP contribution >= 0.6 is 0 Å². The van der Waals surface area contributed by atoms with Crippen LogP contribution in [0.5, 0.6) is 0 Å². The average molecular weight is 560 g/mol. The van der Waals surface area contributed by atoms with Crippen LogP contribution in [-0.2, 0) is 29.8 Å². The Labute approximate surface area is 232 Å². The summed E-state index contributed by atoms with van der Waals surface area (Å²) in [4.78, 5) is 0. The van der Waals surface area contributed by atoms with Crippen LogP contribution < -0.4 is 10.4 Å². The molecule has 6 rings (SSSR count). The Morgan fingerprint density at radius 3 is 1.92 bits per heavy atom. The maximum atomic E-state index is 3.45. The Morgan fingerprint density at radius 2 is 1.36 bits per heavy atom. The van der Waals surface area contributed by atoms with E-state index in [4.69, 9.17) is 0 Å². The van der Waals surface area contributed by atoms with E-state index in [1.807, 2.05) is 12.2 Å². The van der Waals surface area contributed by atoms with Gasteiger partial charge < -0.3 is 0 Å². The normalized spacial score (nSPS) is 12.2. The predicted octanol–water partition coefficient (Wildman–Crippen LogP) is 6.94. The van der Waals surface area contributed by atoms with E-state index in [9.17, 15) is 0 Å². The Balaban J connectivity index is 0.000000142. The second-order valence-corrected chi connectivity index (χ2v) is 15.1. The molecular weight excluding hydrogens is 528 g/mol. The quantitative estimate of drug-likeness (QED) is 0.162. The molecule has 0 aromatic heterocycles. The average Bonchev–Trinajstić information content (AvgIpc) is 3.55. The van der Waals surface area contributed by atoms with Crippen molar-refractivity contribution in [1.29, 1.82) is 0 Å². The van der Waals surface area contributed by atoms with E-state index in [1.165, 1.54) is 54.9 Å². The molecule has 36 heavy (non-hydrogen) atoms. The first-order chi connectivity index (χ1) is 17.4. The molecule has 0 saturated heterocycles. The zero-order valence-corrected chi connectivity index (χ0v) is 25.1. The molecule has 0 aliphatic heterocycles. The molecule has 0 unspecified atom stereocenters. The van der Waals surface area contributed by atoms with Crippen LogP contribution in [-0.4, -0.2) is 5.43 Å². The van der Waals surface area contributed by atoms with Crippen molar-refractivity contribution in [2.45, 2.75) is 40.5 Å². The molecule has 0 saturated carbocycles. The molecule has 2 heteroatoms. The van der Waals surface area contributed by atoms with Crippen molar-refractivity contribution in [1.82, 2.24) is 0 Å². The van der Waals surface area contributed by atoms with Gasteiger partial charge in [0.2, 0.25) is 0 Å². The van der Waals surface area contributed by atoms with E-state index in [1.54, 1.807) is 23.3 Å². The van der Waals surface area contributed by atoms with Crippen LogP contribution in [0.25, 0.3) is 11.1 Å². The fraction of sp³-hybridized carbons (Fsp3) is 0.176. The molecule has 176 valence electrons. The molecule has 4 aromatic rings. The Hall–Kier alpha value is -2.54. The van der Waals surface area contributed by atoms with Gasteiger partial charge in [-0.15, -0.1) is 17.5 Å². The molecule has 0 bridgehead atoms. The minimum absolute atomic E-state index is 0.499. The predicted molar refractivity (Wildman–Crippen MR) is 152 cm³/mol. The number of benzene rings is 4. The third kappa shape index (κ3) is 7.02. The summed E-state index contributed by atoms with van der Waals surface area (Å²) in [6.45, 7) is 8.60. The Bertz CT molecular complexity index is 1330. The molecule has 0 heterocycles. The van der Waals surface area contributed by atoms with Crippen LogP contribution in [0.1, 0.15) is 39.8 Å². The topological polar surface area (TPSA) is 0 Å². The summed E-state index contributed by atoms with van der Waals surface area (Å²) in [5.41, 5.74) is 10.4. The van der Waals surface area contributed by atoms with Gasteiger partial charge in [0.1, 0.15) is 0 Å². The van der Waals surface area contributed by atoms with Gasteiger partial charge in [-0.05, 0) is 18.9 Å². The molecule has 2 aliphatic carbocycles. The van der Waals surface area contributed by atoms with Crippen LogP contribution in [0, 0.1) is 39.8 Å². The van der Waals surface area contributed by atoms with Crippen LogP contribution in [0.15, 0.2) is 97.1 Å². The second kappa shape index (κ2) is 12.6. The molecule has 0 amide bonds. The Kier molecular flexibility index (Phi) is 9.30. The van der Waals surface area contributed by atoms with Crippen LogP contribution in [0.2, 0.25) is 0 Å². The fourth-order valence-corrected chi connectivity index (χ4v) is 8.37. The molecule has 0 spiro atoms. The molecule has 0 nitrogen and oxygen atoms in total. The van der Waals surface area contributed by atoms with Crippen LogP contribution in [0.4, 0.5) is 0 Å². The maximum absolute atomic E-state index is 3.45. The van der Waals surface area contributed by atoms with Crippen molar-refractivity contribution in [3.05, 3.63) is 143 Å². The third-order valence-electron chi connectivity index (χ3n) is 6.29. The summed E-state index contributed by atoms with van der Waals surface area (Å²) in [6.07, 6.45) is 11.0. The first-order valence-corrected chi connectivity index (χ1v) is 17.7. The molecular formula is C34H32SiZr. The zero-order valence-electron chi connectivity index (χ0n) is 21.7. The minimum atomic E-state index is -0.499. The van der Waals surface area contributed by atoms with Gasteiger partial charge in [-0.2, -0.15) is 29.8 Å². The van der Waals surface area contributed by atoms with E-state index in [-0.39, 0.29) is 0 Å². The number of allylic oxidation sites excluding steroid dienone is 4. The molecule has 0 atom stereocenters. The molecule has 4 aromatic carbocycles. The van der Waals surface area contributed by atoms with Gasteiger partial charge in [-0.3, -0.25) is 6.08 Å². The maximum Gasteiger partial charge on any atom is -0.109 e. The van der Waals surface area contributed by atoms with Crippen molar-refractivity contribution in [3.8, 4) is 11.1 Å². The summed E-state index contributed by atoms with van der Waals surface area (Å²) in [5.74, 6) is 0. The first-order valence-electron chi connectivity index (χ1n) is 12.5. The van der Waals surface area contributed by atoms with Crippen LogP contribution in [0.3, 0.4) is 0 Å². The summed E-state index contributed by atoms with van der Waals surface area (Å²) in [7, 11) is 0. The smallest absolute Gasteiger partial charge is 0.109 e. The van der Waals surface area contributed by atoms with Crippen molar-refractivity contribution < 1.29 is 23.3 Å². The standard InChI is InChI=1S/C15H13.C14H14Si.C5H5.Zr/c1-10-3-5-14-12(7-10)9-13-8-11(2)4-6-15(13)14;1-11-5-3-7-13(9-11)15-14-8-4-6-12(2)10-14;1-2-4-5-3-1;/h3-7H,9H2,1-2H3;3-10H,1-2H3;1-3H,4H2;/q-1;;-1;+2. The Morgan fingerprint density at radius 1 is 0.722 bits per heavy atom. The monoisotopic (exact) mass is 558 g/mol. The third-order valence-corrected chi connectivity index (χ3v) is 12.3. The van der Waals surface area contributed by atoms with Gasteiger partial charge in [0.05, 0.1) is 0 Å². The first kappa shape index (κ1) is 26.5. The minimum Gasteiger partial charge on any atom is -0.273 e. The van der Waals surface area contributed by atoms with Crippen molar-refractivity contribution in [3.63, 3.8) is 0 Å². The molecule has 0 N–H and O–H groups in total. The number of hydrogen-bond donors (Lipinski definition) is 0. The van der Waals surface area contributed by atoms with Gasteiger partial charge in [0.15, 0.2) is 0 Å². The number of rotatable bonds is 2. The molecule has 2 aliphatic rings. The van der Waals surface area contributed by atoms with Gasteiger partial charge in [0, 0.05) is 0 Å². The molecule has 0 fully saturated rings. The van der Waals surface area contributed by atoms with E-state index in [0.29, 0.717) is 0 Å². The number of fused-ring (bicyclic) bond motifs is 3. The number of hydrogen-bond acceptors (Lipinski definition) is 0. The van der Waals surface area contributed by atoms with E-state index >= 15 is 0 Å².